The smallest absolute Gasteiger partial charge is 0.166 e. The van der Waals surface area contributed by atoms with E-state index in [1.807, 2.05) is 19.9 Å². The maximum absolute atomic E-state index is 12.1. The first-order valence-corrected chi connectivity index (χ1v) is 6.20. The zero-order valence-electron chi connectivity index (χ0n) is 11.4. The molecule has 0 aliphatic rings. The quantitative estimate of drug-likeness (QED) is 0.726. The van der Waals surface area contributed by atoms with Crippen molar-refractivity contribution in [2.75, 3.05) is 0 Å². The molecule has 0 amide bonds. The van der Waals surface area contributed by atoms with E-state index in [1.165, 1.54) is 6.92 Å². The molecular formula is C15H20O3. The van der Waals surface area contributed by atoms with Gasteiger partial charge in [0.1, 0.15) is 11.5 Å². The predicted octanol–water partition coefficient (Wildman–Crippen LogP) is 3.27. The molecule has 0 aliphatic carbocycles. The molecule has 1 unspecified atom stereocenters. The summed E-state index contributed by atoms with van der Waals surface area (Å²) >= 11 is 0. The predicted molar refractivity (Wildman–Crippen MR) is 71.0 cm³/mol. The van der Waals surface area contributed by atoms with Crippen LogP contribution >= 0.6 is 0 Å². The van der Waals surface area contributed by atoms with E-state index in [4.69, 9.17) is 4.74 Å². The van der Waals surface area contributed by atoms with Crippen molar-refractivity contribution in [2.24, 2.45) is 5.92 Å². The summed E-state index contributed by atoms with van der Waals surface area (Å²) in [7, 11) is 0. The van der Waals surface area contributed by atoms with Gasteiger partial charge in [-0.1, -0.05) is 19.1 Å². The lowest BCUT2D eigenvalue weighted by Gasteiger charge is -2.12. The fourth-order valence-corrected chi connectivity index (χ4v) is 1.80. The zero-order chi connectivity index (χ0) is 13.7. The Labute approximate surface area is 108 Å². The van der Waals surface area contributed by atoms with Gasteiger partial charge in [0.25, 0.3) is 0 Å². The van der Waals surface area contributed by atoms with E-state index in [-0.39, 0.29) is 30.0 Å². The number of ether oxygens (including phenoxy) is 1. The molecule has 0 aliphatic heterocycles. The van der Waals surface area contributed by atoms with Gasteiger partial charge in [-0.25, -0.2) is 0 Å². The van der Waals surface area contributed by atoms with Crippen LogP contribution in [0, 0.1) is 5.92 Å². The average Bonchev–Trinajstić information content (AvgIpc) is 2.26. The molecule has 0 heterocycles. The summed E-state index contributed by atoms with van der Waals surface area (Å²) in [5.41, 5.74) is 0.599. The van der Waals surface area contributed by atoms with Crippen molar-refractivity contribution in [1.29, 1.82) is 0 Å². The van der Waals surface area contributed by atoms with Gasteiger partial charge in [-0.3, -0.25) is 4.79 Å². The third-order valence-electron chi connectivity index (χ3n) is 2.53. The van der Waals surface area contributed by atoms with Crippen LogP contribution in [0.5, 0.6) is 5.75 Å². The van der Waals surface area contributed by atoms with Gasteiger partial charge in [-0.05, 0) is 32.9 Å². The van der Waals surface area contributed by atoms with Crippen LogP contribution in [0.15, 0.2) is 24.3 Å². The van der Waals surface area contributed by atoms with E-state index in [1.54, 1.807) is 25.1 Å². The first kappa shape index (κ1) is 14.4. The van der Waals surface area contributed by atoms with Crippen molar-refractivity contribution >= 4 is 11.6 Å². The number of hydrogen-bond acceptors (Lipinski definition) is 3. The highest BCUT2D eigenvalue weighted by Gasteiger charge is 2.17. The molecule has 18 heavy (non-hydrogen) atoms. The Kier molecular flexibility index (Phi) is 5.08. The van der Waals surface area contributed by atoms with Crippen LogP contribution in [0.3, 0.4) is 0 Å². The topological polar surface area (TPSA) is 43.4 Å². The number of benzene rings is 1. The summed E-state index contributed by atoms with van der Waals surface area (Å²) < 4.78 is 5.55. The van der Waals surface area contributed by atoms with Crippen LogP contribution in [0.25, 0.3) is 0 Å². The van der Waals surface area contributed by atoms with E-state index in [9.17, 15) is 9.59 Å². The Balaban J connectivity index is 2.82. The second-order valence-corrected chi connectivity index (χ2v) is 4.87. The van der Waals surface area contributed by atoms with E-state index < -0.39 is 0 Å². The normalized spacial score (nSPS) is 12.3. The van der Waals surface area contributed by atoms with Crippen LogP contribution in [0.1, 0.15) is 44.5 Å². The third-order valence-corrected chi connectivity index (χ3v) is 2.53. The lowest BCUT2D eigenvalue weighted by molar-refractivity contribution is -0.117. The first-order chi connectivity index (χ1) is 8.40. The van der Waals surface area contributed by atoms with Crippen LogP contribution in [-0.2, 0) is 4.79 Å². The van der Waals surface area contributed by atoms with Gasteiger partial charge in [-0.15, -0.1) is 0 Å². The highest BCUT2D eigenvalue weighted by atomic mass is 16.5. The van der Waals surface area contributed by atoms with Crippen molar-refractivity contribution in [1.82, 2.24) is 0 Å². The SMILES string of the molecule is CC(=O)CC(C)C(=O)c1cccc(OC(C)C)c1. The number of carbonyl (C=O) groups excluding carboxylic acids is 2. The van der Waals surface area contributed by atoms with Crippen molar-refractivity contribution < 1.29 is 14.3 Å². The summed E-state index contributed by atoms with van der Waals surface area (Å²) in [6, 6.07) is 7.11. The molecule has 3 nitrogen and oxygen atoms in total. The summed E-state index contributed by atoms with van der Waals surface area (Å²) in [4.78, 5) is 23.1. The van der Waals surface area contributed by atoms with E-state index in [0.29, 0.717) is 11.3 Å². The van der Waals surface area contributed by atoms with Gasteiger partial charge in [-0.2, -0.15) is 0 Å². The average molecular weight is 248 g/mol. The molecule has 0 spiro atoms. The highest BCUT2D eigenvalue weighted by molar-refractivity contribution is 5.99. The summed E-state index contributed by atoms with van der Waals surface area (Å²) in [6.45, 7) is 7.15. The van der Waals surface area contributed by atoms with Gasteiger partial charge in [0.15, 0.2) is 5.78 Å². The number of ketones is 2. The lowest BCUT2D eigenvalue weighted by atomic mass is 9.95. The molecule has 1 atom stereocenters. The van der Waals surface area contributed by atoms with Crippen molar-refractivity contribution in [2.45, 2.75) is 40.2 Å². The second kappa shape index (κ2) is 6.34. The molecule has 98 valence electrons. The molecule has 1 rings (SSSR count). The molecule has 0 saturated carbocycles. The van der Waals surface area contributed by atoms with Gasteiger partial charge in [0.2, 0.25) is 0 Å². The Bertz CT molecular complexity index is 435. The summed E-state index contributed by atoms with van der Waals surface area (Å²) in [5.74, 6) is 0.424. The maximum atomic E-state index is 12.1. The van der Waals surface area contributed by atoms with Crippen molar-refractivity contribution in [3.63, 3.8) is 0 Å². The lowest BCUT2D eigenvalue weighted by Crippen LogP contribution is -2.14. The first-order valence-electron chi connectivity index (χ1n) is 6.20. The largest absolute Gasteiger partial charge is 0.491 e. The van der Waals surface area contributed by atoms with Crippen molar-refractivity contribution in [3.05, 3.63) is 29.8 Å². The molecule has 0 aromatic heterocycles. The van der Waals surface area contributed by atoms with Gasteiger partial charge >= 0.3 is 0 Å². The van der Waals surface area contributed by atoms with Gasteiger partial charge in [0.05, 0.1) is 6.10 Å². The Hall–Kier alpha value is -1.64. The van der Waals surface area contributed by atoms with Crippen LogP contribution in [-0.4, -0.2) is 17.7 Å². The number of hydrogen-bond donors (Lipinski definition) is 0. The molecule has 3 heteroatoms. The standard InChI is InChI=1S/C15H20O3/c1-10(2)18-14-7-5-6-13(9-14)15(17)11(3)8-12(4)16/h5-7,9-11H,8H2,1-4H3. The molecule has 1 aromatic rings. The summed E-state index contributed by atoms with van der Waals surface area (Å²) in [6.07, 6.45) is 0.360. The second-order valence-electron chi connectivity index (χ2n) is 4.87. The van der Waals surface area contributed by atoms with E-state index >= 15 is 0 Å². The molecule has 0 fully saturated rings. The van der Waals surface area contributed by atoms with E-state index in [2.05, 4.69) is 0 Å². The Morgan fingerprint density at radius 1 is 1.22 bits per heavy atom. The molecule has 1 aromatic carbocycles. The fourth-order valence-electron chi connectivity index (χ4n) is 1.80. The van der Waals surface area contributed by atoms with Crippen LogP contribution < -0.4 is 4.74 Å². The molecule has 0 bridgehead atoms. The number of rotatable bonds is 6. The van der Waals surface area contributed by atoms with Gasteiger partial charge in [0, 0.05) is 17.9 Å². The highest BCUT2D eigenvalue weighted by Crippen LogP contribution is 2.19. The molecular weight excluding hydrogens is 228 g/mol. The van der Waals surface area contributed by atoms with Crippen LogP contribution in [0.2, 0.25) is 0 Å². The molecule has 0 radical (unpaired) electrons. The van der Waals surface area contributed by atoms with E-state index in [0.717, 1.165) is 0 Å². The minimum absolute atomic E-state index is 0.0144. The number of carbonyl (C=O) groups is 2. The van der Waals surface area contributed by atoms with Crippen LogP contribution in [0.4, 0.5) is 0 Å². The molecule has 0 saturated heterocycles. The Morgan fingerprint density at radius 3 is 2.44 bits per heavy atom. The minimum atomic E-state index is -0.281. The molecule has 0 N–H and O–H groups in total. The maximum Gasteiger partial charge on any atom is 0.166 e. The zero-order valence-corrected chi connectivity index (χ0v) is 11.4. The Morgan fingerprint density at radius 2 is 1.89 bits per heavy atom. The minimum Gasteiger partial charge on any atom is -0.491 e. The summed E-state index contributed by atoms with van der Waals surface area (Å²) in [5, 5.41) is 0. The number of Topliss-reactive ketones (excluding diaryl/α,β-unsaturated/α-hetero) is 2. The van der Waals surface area contributed by atoms with Gasteiger partial charge < -0.3 is 9.53 Å². The van der Waals surface area contributed by atoms with Crippen molar-refractivity contribution in [3.8, 4) is 5.75 Å². The fraction of sp³-hybridized carbons (Fsp3) is 0.467. The third kappa shape index (κ3) is 4.32. The monoisotopic (exact) mass is 248 g/mol.